The minimum atomic E-state index is -0.666. The lowest BCUT2D eigenvalue weighted by Crippen LogP contribution is -2.44. The molecule has 2 atom stereocenters. The van der Waals surface area contributed by atoms with Crippen LogP contribution in [0.15, 0.2) is 0 Å². The van der Waals surface area contributed by atoms with Gasteiger partial charge in [-0.3, -0.25) is 4.79 Å². The number of carbonyl (C=O) groups is 2. The average Bonchev–Trinajstić information content (AvgIpc) is 2.41. The summed E-state index contributed by atoms with van der Waals surface area (Å²) in [5.41, 5.74) is 10.6. The van der Waals surface area contributed by atoms with E-state index in [4.69, 9.17) is 20.9 Å². The Bertz CT molecular complexity index is 430. The van der Waals surface area contributed by atoms with Crippen LogP contribution >= 0.6 is 0 Å². The van der Waals surface area contributed by atoms with Crippen LogP contribution in [0.5, 0.6) is 0 Å². The molecule has 0 saturated heterocycles. The second-order valence-corrected chi connectivity index (χ2v) is 8.45. The Morgan fingerprint density at radius 2 is 1.50 bits per heavy atom. The molecule has 2 unspecified atom stereocenters. The van der Waals surface area contributed by atoms with E-state index in [1.165, 1.54) is 0 Å². The van der Waals surface area contributed by atoms with Gasteiger partial charge in [0.2, 0.25) is 0 Å². The summed E-state index contributed by atoms with van der Waals surface area (Å²) in [6.07, 6.45) is 2.53. The molecule has 0 rings (SSSR count). The van der Waals surface area contributed by atoms with Crippen LogP contribution in [0.2, 0.25) is 0 Å². The molecular weight excluding hydrogens is 336 g/mol. The van der Waals surface area contributed by atoms with E-state index in [0.29, 0.717) is 13.0 Å². The van der Waals surface area contributed by atoms with Gasteiger partial charge in [0.15, 0.2) is 0 Å². The third-order valence-corrected chi connectivity index (χ3v) is 3.14. The number of unbranched alkanes of at least 4 members (excludes halogenated alkanes) is 2. The van der Waals surface area contributed by atoms with E-state index < -0.39 is 35.5 Å². The lowest BCUT2D eigenvalue weighted by molar-refractivity contribution is -0.156. The Morgan fingerprint density at radius 1 is 0.923 bits per heavy atom. The van der Waals surface area contributed by atoms with Gasteiger partial charge < -0.3 is 31.6 Å². The van der Waals surface area contributed by atoms with Crippen molar-refractivity contribution in [3.63, 3.8) is 0 Å². The first-order chi connectivity index (χ1) is 11.8. The number of ether oxygens (including phenoxy) is 2. The van der Waals surface area contributed by atoms with Crippen molar-refractivity contribution in [2.75, 3.05) is 13.1 Å². The van der Waals surface area contributed by atoms with E-state index in [1.807, 2.05) is 20.8 Å². The molecule has 0 aliphatic carbocycles. The first-order valence-corrected chi connectivity index (χ1v) is 9.24. The van der Waals surface area contributed by atoms with Gasteiger partial charge in [-0.2, -0.15) is 0 Å². The van der Waals surface area contributed by atoms with Crippen molar-refractivity contribution in [1.82, 2.24) is 10.6 Å². The summed E-state index contributed by atoms with van der Waals surface area (Å²) in [7, 11) is 0. The van der Waals surface area contributed by atoms with Crippen molar-refractivity contribution < 1.29 is 19.1 Å². The number of hydrogen-bond acceptors (Lipinski definition) is 7. The number of esters is 1. The summed E-state index contributed by atoms with van der Waals surface area (Å²) in [5, 5.41) is 5.77. The highest BCUT2D eigenvalue weighted by Crippen LogP contribution is 2.08. The van der Waals surface area contributed by atoms with E-state index in [-0.39, 0.29) is 0 Å². The summed E-state index contributed by atoms with van der Waals surface area (Å²) in [6, 6.07) is -0.666. The largest absolute Gasteiger partial charge is 0.459 e. The van der Waals surface area contributed by atoms with Crippen molar-refractivity contribution in [3.8, 4) is 0 Å². The van der Waals surface area contributed by atoms with Gasteiger partial charge in [0.05, 0.1) is 6.17 Å². The molecule has 0 saturated carbocycles. The quantitative estimate of drug-likeness (QED) is 0.260. The predicted molar refractivity (Wildman–Crippen MR) is 103 cm³/mol. The third kappa shape index (κ3) is 14.9. The number of amides is 1. The second kappa shape index (κ2) is 11.4. The molecule has 26 heavy (non-hydrogen) atoms. The predicted octanol–water partition coefficient (Wildman–Crippen LogP) is 1.61. The average molecular weight is 375 g/mol. The highest BCUT2D eigenvalue weighted by Gasteiger charge is 2.21. The number of nitrogens with two attached hydrogens (primary N) is 2. The van der Waals surface area contributed by atoms with Crippen molar-refractivity contribution >= 4 is 12.1 Å². The maximum atomic E-state index is 11.7. The van der Waals surface area contributed by atoms with Gasteiger partial charge in [0, 0.05) is 6.54 Å². The Hall–Kier alpha value is -1.38. The molecule has 0 spiro atoms. The Labute approximate surface area is 157 Å². The highest BCUT2D eigenvalue weighted by molar-refractivity contribution is 5.76. The molecule has 0 aromatic rings. The molecule has 0 fully saturated rings. The van der Waals surface area contributed by atoms with Gasteiger partial charge in [-0.1, -0.05) is 12.8 Å². The number of hydrogen-bond donors (Lipinski definition) is 4. The summed E-state index contributed by atoms with van der Waals surface area (Å²) >= 11 is 0. The minimum absolute atomic E-state index is 0.384. The zero-order valence-corrected chi connectivity index (χ0v) is 17.2. The van der Waals surface area contributed by atoms with Gasteiger partial charge in [-0.25, -0.2) is 4.79 Å². The van der Waals surface area contributed by atoms with Gasteiger partial charge in [0.25, 0.3) is 0 Å². The Morgan fingerprint density at radius 3 is 2.04 bits per heavy atom. The van der Waals surface area contributed by atoms with Crippen LogP contribution in [0.4, 0.5) is 4.79 Å². The van der Waals surface area contributed by atoms with Crippen LogP contribution in [-0.4, -0.2) is 48.6 Å². The molecule has 1 amide bonds. The molecular formula is C18H38N4O4. The molecule has 154 valence electrons. The van der Waals surface area contributed by atoms with Crippen LogP contribution < -0.4 is 22.1 Å². The Balaban J connectivity index is 3.69. The molecule has 0 aliphatic rings. The van der Waals surface area contributed by atoms with Crippen LogP contribution in [0.3, 0.4) is 0 Å². The van der Waals surface area contributed by atoms with Crippen molar-refractivity contribution in [1.29, 1.82) is 0 Å². The van der Waals surface area contributed by atoms with Crippen molar-refractivity contribution in [2.45, 2.75) is 90.6 Å². The number of carbonyl (C=O) groups excluding carboxylic acids is 2. The summed E-state index contributed by atoms with van der Waals surface area (Å²) < 4.78 is 10.4. The first kappa shape index (κ1) is 24.6. The van der Waals surface area contributed by atoms with E-state index >= 15 is 0 Å². The number of alkyl carbamates (subject to hydrolysis) is 1. The fraction of sp³-hybridized carbons (Fsp3) is 0.889. The summed E-state index contributed by atoms with van der Waals surface area (Å²) in [6.45, 7) is 12.0. The van der Waals surface area contributed by atoms with Gasteiger partial charge in [-0.05, 0) is 60.9 Å². The van der Waals surface area contributed by atoms with E-state index in [1.54, 1.807) is 20.8 Å². The van der Waals surface area contributed by atoms with Crippen LogP contribution in [0, 0.1) is 0 Å². The smallest absolute Gasteiger partial charge is 0.408 e. The van der Waals surface area contributed by atoms with E-state index in [0.717, 1.165) is 25.8 Å². The zero-order valence-electron chi connectivity index (χ0n) is 17.2. The van der Waals surface area contributed by atoms with E-state index in [9.17, 15) is 9.59 Å². The zero-order chi connectivity index (χ0) is 20.4. The van der Waals surface area contributed by atoms with Crippen LogP contribution in [0.1, 0.15) is 67.2 Å². The Kier molecular flexibility index (Phi) is 10.8. The molecule has 0 aromatic carbocycles. The van der Waals surface area contributed by atoms with Crippen LogP contribution in [0.25, 0.3) is 0 Å². The first-order valence-electron chi connectivity index (χ1n) is 9.24. The van der Waals surface area contributed by atoms with Gasteiger partial charge >= 0.3 is 12.1 Å². The second-order valence-electron chi connectivity index (χ2n) is 8.45. The highest BCUT2D eigenvalue weighted by atomic mass is 16.6. The fourth-order valence-corrected chi connectivity index (χ4v) is 2.04. The standard InChI is InChI=1S/C18H38N4O4/c1-17(2,3)25-15(23)13(19)12-21-11-9-7-8-10-14(20)22-16(24)26-18(4,5)6/h13-14,21H,7-12,19-20H2,1-6H3,(H,22,24). The molecule has 0 radical (unpaired) electrons. The maximum Gasteiger partial charge on any atom is 0.408 e. The molecule has 0 aromatic heterocycles. The topological polar surface area (TPSA) is 129 Å². The molecule has 8 nitrogen and oxygen atoms in total. The normalized spacial score (nSPS) is 14.5. The minimum Gasteiger partial charge on any atom is -0.459 e. The monoisotopic (exact) mass is 374 g/mol. The lowest BCUT2D eigenvalue weighted by Gasteiger charge is -2.22. The van der Waals surface area contributed by atoms with E-state index in [2.05, 4.69) is 10.6 Å². The summed E-state index contributed by atoms with van der Waals surface area (Å²) in [5.74, 6) is -0.399. The van der Waals surface area contributed by atoms with Crippen LogP contribution in [-0.2, 0) is 14.3 Å². The molecule has 6 N–H and O–H groups in total. The molecule has 0 bridgehead atoms. The number of nitrogens with one attached hydrogen (secondary N) is 2. The number of rotatable bonds is 10. The summed E-state index contributed by atoms with van der Waals surface area (Å²) in [4.78, 5) is 23.3. The molecule has 0 heterocycles. The third-order valence-electron chi connectivity index (χ3n) is 3.14. The SMILES string of the molecule is CC(C)(C)OC(=O)NC(N)CCCCCNCC(N)C(=O)OC(C)(C)C. The van der Waals surface area contributed by atoms with Gasteiger partial charge in [0.1, 0.15) is 17.2 Å². The lowest BCUT2D eigenvalue weighted by atomic mass is 10.1. The van der Waals surface area contributed by atoms with Crippen molar-refractivity contribution in [2.24, 2.45) is 11.5 Å². The van der Waals surface area contributed by atoms with Gasteiger partial charge in [-0.15, -0.1) is 0 Å². The molecule has 8 heteroatoms. The molecule has 0 aliphatic heterocycles. The van der Waals surface area contributed by atoms with Crippen molar-refractivity contribution in [3.05, 3.63) is 0 Å². The maximum absolute atomic E-state index is 11.7. The fourth-order valence-electron chi connectivity index (χ4n) is 2.04.